The molecule has 4 aromatic rings. The minimum Gasteiger partial charge on any atom is -0.744 e. The number of hydrogen-bond donors (Lipinski definition) is 0. The molecular formula is C24H22N2O5S2. The summed E-state index contributed by atoms with van der Waals surface area (Å²) in [5, 5.41) is 12.2. The maximum atomic E-state index is 11.1. The Morgan fingerprint density at radius 2 is 1.61 bits per heavy atom. The van der Waals surface area contributed by atoms with E-state index >= 15 is 0 Å². The Morgan fingerprint density at radius 3 is 2.24 bits per heavy atom. The van der Waals surface area contributed by atoms with Crippen molar-refractivity contribution in [3.8, 4) is 0 Å². The minimum atomic E-state index is -4.28. The van der Waals surface area contributed by atoms with Crippen LogP contribution in [-0.4, -0.2) is 17.9 Å². The molecule has 0 atom stereocenters. The summed E-state index contributed by atoms with van der Waals surface area (Å²) in [6, 6.07) is 21.1. The van der Waals surface area contributed by atoms with Gasteiger partial charge < -0.3 is 4.55 Å². The maximum absolute atomic E-state index is 11.1. The summed E-state index contributed by atoms with van der Waals surface area (Å²) >= 11 is 1.69. The van der Waals surface area contributed by atoms with Crippen LogP contribution in [0.25, 0.3) is 22.4 Å². The number of nitro benzene ring substituents is 1. The molecule has 170 valence electrons. The van der Waals surface area contributed by atoms with Crippen molar-refractivity contribution in [3.63, 3.8) is 0 Å². The van der Waals surface area contributed by atoms with Gasteiger partial charge in [-0.3, -0.25) is 10.1 Å². The quantitative estimate of drug-likeness (QED) is 0.169. The Bertz CT molecular complexity index is 1430. The molecule has 1 heterocycles. The van der Waals surface area contributed by atoms with Crippen LogP contribution in [0.5, 0.6) is 0 Å². The fourth-order valence-electron chi connectivity index (χ4n) is 3.30. The highest BCUT2D eigenvalue weighted by Crippen LogP contribution is 2.24. The SMILES string of the molecule is CC[n+]1c(C=Cc2ccccc2[N+](=O)[O-])sc2ccccc21.Cc1ccccc1S(=O)(=O)[O-]. The van der Waals surface area contributed by atoms with Gasteiger partial charge in [-0.05, 0) is 43.7 Å². The molecule has 0 saturated heterocycles. The molecule has 7 nitrogen and oxygen atoms in total. The van der Waals surface area contributed by atoms with Crippen molar-refractivity contribution in [1.29, 1.82) is 0 Å². The van der Waals surface area contributed by atoms with E-state index in [4.69, 9.17) is 0 Å². The fraction of sp³-hybridized carbons (Fsp3) is 0.125. The van der Waals surface area contributed by atoms with Crippen molar-refractivity contribution < 1.29 is 22.5 Å². The first-order valence-corrected chi connectivity index (χ1v) is 12.3. The number of nitrogens with zero attached hydrogens (tertiary/aromatic N) is 2. The van der Waals surface area contributed by atoms with Crippen molar-refractivity contribution in [2.24, 2.45) is 0 Å². The number of para-hydroxylation sites is 2. The molecule has 0 spiro atoms. The van der Waals surface area contributed by atoms with Crippen LogP contribution >= 0.6 is 11.3 Å². The maximum Gasteiger partial charge on any atom is 0.276 e. The van der Waals surface area contributed by atoms with Gasteiger partial charge in [0.15, 0.2) is 0 Å². The number of rotatable bonds is 5. The fourth-order valence-corrected chi connectivity index (χ4v) is 5.13. The van der Waals surface area contributed by atoms with Crippen molar-refractivity contribution in [2.75, 3.05) is 0 Å². The zero-order valence-corrected chi connectivity index (χ0v) is 19.7. The molecule has 0 aliphatic rings. The number of nitro groups is 1. The van der Waals surface area contributed by atoms with E-state index in [0.29, 0.717) is 11.1 Å². The largest absolute Gasteiger partial charge is 0.744 e. The summed E-state index contributed by atoms with van der Waals surface area (Å²) in [4.78, 5) is 10.6. The Kier molecular flexibility index (Phi) is 7.70. The zero-order valence-electron chi connectivity index (χ0n) is 18.0. The number of fused-ring (bicyclic) bond motifs is 1. The van der Waals surface area contributed by atoms with Gasteiger partial charge in [-0.2, -0.15) is 4.57 Å². The number of hydrogen-bond acceptors (Lipinski definition) is 6. The van der Waals surface area contributed by atoms with Crippen LogP contribution < -0.4 is 4.57 Å². The second kappa shape index (κ2) is 10.5. The van der Waals surface area contributed by atoms with Crippen molar-refractivity contribution >= 4 is 49.5 Å². The van der Waals surface area contributed by atoms with Crippen LogP contribution in [0.3, 0.4) is 0 Å². The molecule has 1 aromatic heterocycles. The first-order chi connectivity index (χ1) is 15.7. The molecule has 0 bridgehead atoms. The van der Waals surface area contributed by atoms with Gasteiger partial charge in [-0.15, -0.1) is 0 Å². The highest BCUT2D eigenvalue weighted by molar-refractivity contribution is 7.85. The molecule has 0 aliphatic carbocycles. The van der Waals surface area contributed by atoms with E-state index < -0.39 is 10.1 Å². The second-order valence-corrected chi connectivity index (χ2v) is 9.43. The third kappa shape index (κ3) is 5.89. The first kappa shape index (κ1) is 24.2. The van der Waals surface area contributed by atoms with E-state index in [9.17, 15) is 23.1 Å². The van der Waals surface area contributed by atoms with Crippen molar-refractivity contribution in [1.82, 2.24) is 0 Å². The topological polar surface area (TPSA) is 104 Å². The highest BCUT2D eigenvalue weighted by atomic mass is 32.2. The molecule has 0 N–H and O–H groups in total. The monoisotopic (exact) mass is 482 g/mol. The summed E-state index contributed by atoms with van der Waals surface area (Å²) in [5.74, 6) is 0. The number of benzene rings is 3. The van der Waals surface area contributed by atoms with Crippen molar-refractivity contribution in [3.05, 3.63) is 99.0 Å². The molecule has 0 saturated carbocycles. The molecule has 33 heavy (non-hydrogen) atoms. The molecule has 0 unspecified atom stereocenters. The Morgan fingerprint density at radius 1 is 0.970 bits per heavy atom. The van der Waals surface area contributed by atoms with Gasteiger partial charge in [-0.25, -0.2) is 8.42 Å². The Balaban J connectivity index is 0.000000235. The van der Waals surface area contributed by atoms with Gasteiger partial charge in [-0.1, -0.05) is 53.8 Å². The van der Waals surface area contributed by atoms with Crippen LogP contribution in [0.4, 0.5) is 5.69 Å². The van der Waals surface area contributed by atoms with Crippen LogP contribution in [0.1, 0.15) is 23.1 Å². The lowest BCUT2D eigenvalue weighted by atomic mass is 10.1. The van der Waals surface area contributed by atoms with Gasteiger partial charge in [0.1, 0.15) is 21.4 Å². The summed E-state index contributed by atoms with van der Waals surface area (Å²) < 4.78 is 34.9. The lowest BCUT2D eigenvalue weighted by Gasteiger charge is -2.08. The Hall–Kier alpha value is -3.40. The van der Waals surface area contributed by atoms with Crippen LogP contribution in [0, 0.1) is 17.0 Å². The first-order valence-electron chi connectivity index (χ1n) is 10.1. The number of thiazole rings is 1. The van der Waals surface area contributed by atoms with Crippen LogP contribution in [-0.2, 0) is 16.7 Å². The summed E-state index contributed by atoms with van der Waals surface area (Å²) in [7, 11) is -4.28. The molecule has 0 radical (unpaired) electrons. The molecule has 9 heteroatoms. The van der Waals surface area contributed by atoms with E-state index in [0.717, 1.165) is 11.6 Å². The molecule has 0 aliphatic heterocycles. The van der Waals surface area contributed by atoms with E-state index in [2.05, 4.69) is 23.6 Å². The highest BCUT2D eigenvalue weighted by Gasteiger charge is 2.17. The van der Waals surface area contributed by atoms with Crippen LogP contribution in [0.2, 0.25) is 0 Å². The average molecular weight is 483 g/mol. The lowest BCUT2D eigenvalue weighted by molar-refractivity contribution is -0.665. The van der Waals surface area contributed by atoms with E-state index in [-0.39, 0.29) is 15.5 Å². The van der Waals surface area contributed by atoms with Crippen LogP contribution in [0.15, 0.2) is 77.7 Å². The molecule has 3 aromatic carbocycles. The molecule has 0 fully saturated rings. The van der Waals surface area contributed by atoms with Crippen molar-refractivity contribution in [2.45, 2.75) is 25.3 Å². The smallest absolute Gasteiger partial charge is 0.276 e. The van der Waals surface area contributed by atoms with E-state index in [1.807, 2.05) is 30.4 Å². The minimum absolute atomic E-state index is 0.128. The Labute approximate surface area is 196 Å². The summed E-state index contributed by atoms with van der Waals surface area (Å²) in [6.07, 6.45) is 3.77. The van der Waals surface area contributed by atoms with Gasteiger partial charge in [0.25, 0.3) is 10.7 Å². The zero-order chi connectivity index (χ0) is 24.0. The van der Waals surface area contributed by atoms with E-state index in [1.54, 1.807) is 42.5 Å². The van der Waals surface area contributed by atoms with Gasteiger partial charge in [0.2, 0.25) is 5.52 Å². The average Bonchev–Trinajstić information content (AvgIpc) is 3.15. The third-order valence-corrected chi connectivity index (χ3v) is 6.98. The summed E-state index contributed by atoms with van der Waals surface area (Å²) in [5.41, 5.74) is 2.43. The molecule has 0 amide bonds. The van der Waals surface area contributed by atoms with Gasteiger partial charge >= 0.3 is 0 Å². The predicted molar refractivity (Wildman–Crippen MR) is 129 cm³/mol. The summed E-state index contributed by atoms with van der Waals surface area (Å²) in [6.45, 7) is 4.55. The third-order valence-electron chi connectivity index (χ3n) is 4.85. The number of aromatic nitrogens is 1. The second-order valence-electron chi connectivity index (χ2n) is 7.02. The normalized spacial score (nSPS) is 11.4. The molecular weight excluding hydrogens is 460 g/mol. The number of aryl methyl sites for hydroxylation is 2. The van der Waals surface area contributed by atoms with Gasteiger partial charge in [0.05, 0.1) is 15.4 Å². The lowest BCUT2D eigenvalue weighted by Crippen LogP contribution is -2.33. The van der Waals surface area contributed by atoms with E-state index in [1.165, 1.54) is 28.4 Å². The molecule has 4 rings (SSSR count). The predicted octanol–water partition coefficient (Wildman–Crippen LogP) is 5.19. The van der Waals surface area contributed by atoms with Gasteiger partial charge in [0, 0.05) is 18.2 Å². The standard InChI is InChI=1S/C17H15N2O2S.C7H8O3S/c1-2-18-15-9-5-6-10-16(15)22-17(18)12-11-13-7-3-4-8-14(13)19(20)21;1-6-4-2-3-5-7(6)11(8,9)10/h3-12H,2H2,1H3;2-5H,1H3,(H,8,9,10)/q+1;/p-1.